The van der Waals surface area contributed by atoms with Crippen LogP contribution in [0, 0.1) is 28.1 Å². The minimum Gasteiger partial charge on any atom is -0.389 e. The molecule has 154 valence electrons. The second-order valence-corrected chi connectivity index (χ2v) is 11.5. The minimum absolute atomic E-state index is 0.132. The molecule has 0 aromatic rings. The van der Waals surface area contributed by atoms with Crippen LogP contribution < -0.4 is 0 Å². The zero-order chi connectivity index (χ0) is 19.9. The molecule has 27 heavy (non-hydrogen) atoms. The fourth-order valence-corrected chi connectivity index (χ4v) is 7.68. The molecule has 0 radical (unpaired) electrons. The Morgan fingerprint density at radius 3 is 2.33 bits per heavy atom. The Bertz CT molecular complexity index is 640. The molecule has 1 N–H and O–H groups in total. The zero-order valence-electron chi connectivity index (χ0n) is 18.1. The summed E-state index contributed by atoms with van der Waals surface area (Å²) in [5.74, 6) is -0.326. The molecule has 0 bridgehead atoms. The van der Waals surface area contributed by atoms with E-state index in [4.69, 9.17) is 9.47 Å². The molecule has 0 amide bonds. The summed E-state index contributed by atoms with van der Waals surface area (Å²) in [6.07, 6.45) is 6.23. The molecule has 4 heteroatoms. The highest BCUT2D eigenvalue weighted by Crippen LogP contribution is 2.68. The van der Waals surface area contributed by atoms with E-state index in [1.165, 1.54) is 6.42 Å². The molecule has 1 saturated heterocycles. The van der Waals surface area contributed by atoms with Crippen molar-refractivity contribution < 1.29 is 19.4 Å². The average Bonchev–Trinajstić information content (AvgIpc) is 3.02. The normalized spacial score (nSPS) is 51.5. The van der Waals surface area contributed by atoms with Crippen molar-refractivity contribution in [2.75, 3.05) is 6.61 Å². The smallest absolute Gasteiger partial charge is 0.163 e. The van der Waals surface area contributed by atoms with Gasteiger partial charge in [-0.2, -0.15) is 0 Å². The van der Waals surface area contributed by atoms with Crippen molar-refractivity contribution in [3.05, 3.63) is 0 Å². The van der Waals surface area contributed by atoms with Crippen LogP contribution in [-0.4, -0.2) is 35.0 Å². The summed E-state index contributed by atoms with van der Waals surface area (Å²) in [5, 5.41) is 12.3. The Labute approximate surface area is 164 Å². The lowest BCUT2D eigenvalue weighted by atomic mass is 9.49. The third-order valence-corrected chi connectivity index (χ3v) is 9.15. The standard InChI is InChI=1S/C23H38O4/c1-19(2)10-7-11-22(6)16(19)9-8-15(24)18-21(5,12-13-23(18,22)25)17-14-26-20(3,4)27-17/h16-18,25H,7-14H2,1-6H3. The zero-order valence-corrected chi connectivity index (χ0v) is 18.1. The molecule has 3 saturated carbocycles. The Balaban J connectivity index is 1.77. The molecule has 6 unspecified atom stereocenters. The first-order chi connectivity index (χ1) is 12.4. The molecule has 4 aliphatic rings. The number of fused-ring (bicyclic) bond motifs is 3. The third kappa shape index (κ3) is 2.62. The van der Waals surface area contributed by atoms with E-state index >= 15 is 0 Å². The topological polar surface area (TPSA) is 55.8 Å². The van der Waals surface area contributed by atoms with E-state index in [9.17, 15) is 9.90 Å². The first-order valence-electron chi connectivity index (χ1n) is 10.9. The number of aliphatic hydroxyl groups is 1. The van der Waals surface area contributed by atoms with E-state index in [0.29, 0.717) is 25.4 Å². The van der Waals surface area contributed by atoms with E-state index in [1.807, 2.05) is 13.8 Å². The third-order valence-electron chi connectivity index (χ3n) is 9.15. The molecule has 0 aromatic heterocycles. The van der Waals surface area contributed by atoms with Crippen LogP contribution >= 0.6 is 0 Å². The van der Waals surface area contributed by atoms with Crippen molar-refractivity contribution in [1.29, 1.82) is 0 Å². The maximum atomic E-state index is 13.5. The fraction of sp³-hybridized carbons (Fsp3) is 0.957. The van der Waals surface area contributed by atoms with Gasteiger partial charge in [0.05, 0.1) is 24.2 Å². The van der Waals surface area contributed by atoms with Gasteiger partial charge in [-0.15, -0.1) is 0 Å². The number of ketones is 1. The van der Waals surface area contributed by atoms with Crippen LogP contribution in [0.3, 0.4) is 0 Å². The SMILES string of the molecule is CC1(C)OCC(C2(C)CCC3(O)C2C(=O)CCC2C(C)(C)CCCC23C)O1. The quantitative estimate of drug-likeness (QED) is 0.731. The predicted molar refractivity (Wildman–Crippen MR) is 104 cm³/mol. The molecular weight excluding hydrogens is 340 g/mol. The van der Waals surface area contributed by atoms with E-state index in [-0.39, 0.29) is 34.1 Å². The van der Waals surface area contributed by atoms with Crippen LogP contribution in [0.5, 0.6) is 0 Å². The summed E-state index contributed by atoms with van der Waals surface area (Å²) in [4.78, 5) is 13.5. The van der Waals surface area contributed by atoms with Crippen LogP contribution in [0.2, 0.25) is 0 Å². The van der Waals surface area contributed by atoms with Gasteiger partial charge >= 0.3 is 0 Å². The number of carbonyl (C=O) groups is 1. The second kappa shape index (κ2) is 5.79. The molecule has 0 aromatic carbocycles. The van der Waals surface area contributed by atoms with Crippen molar-refractivity contribution in [3.63, 3.8) is 0 Å². The van der Waals surface area contributed by atoms with Gasteiger partial charge in [-0.25, -0.2) is 0 Å². The largest absolute Gasteiger partial charge is 0.389 e. The molecule has 4 fully saturated rings. The Morgan fingerprint density at radius 1 is 1.00 bits per heavy atom. The molecule has 1 aliphatic heterocycles. The van der Waals surface area contributed by atoms with Crippen LogP contribution in [0.25, 0.3) is 0 Å². The average molecular weight is 379 g/mol. The van der Waals surface area contributed by atoms with Crippen molar-refractivity contribution in [3.8, 4) is 0 Å². The Kier molecular flexibility index (Phi) is 4.26. The van der Waals surface area contributed by atoms with Gasteiger partial charge in [-0.05, 0) is 57.3 Å². The minimum atomic E-state index is -0.937. The number of rotatable bonds is 1. The highest BCUT2D eigenvalue weighted by atomic mass is 16.7. The monoisotopic (exact) mass is 378 g/mol. The van der Waals surface area contributed by atoms with Gasteiger partial charge in [0, 0.05) is 17.3 Å². The van der Waals surface area contributed by atoms with Gasteiger partial charge in [-0.1, -0.05) is 34.1 Å². The molecule has 4 rings (SSSR count). The lowest BCUT2D eigenvalue weighted by molar-refractivity contribution is -0.192. The van der Waals surface area contributed by atoms with E-state index in [1.54, 1.807) is 0 Å². The number of hydrogen-bond acceptors (Lipinski definition) is 4. The van der Waals surface area contributed by atoms with Crippen LogP contribution in [0.4, 0.5) is 0 Å². The number of Topliss-reactive ketones (excluding diaryl/α,β-unsaturated/α-hetero) is 1. The van der Waals surface area contributed by atoms with Crippen molar-refractivity contribution in [1.82, 2.24) is 0 Å². The van der Waals surface area contributed by atoms with Gasteiger partial charge in [0.25, 0.3) is 0 Å². The van der Waals surface area contributed by atoms with Crippen LogP contribution in [0.1, 0.15) is 86.5 Å². The first-order valence-corrected chi connectivity index (χ1v) is 10.9. The highest BCUT2D eigenvalue weighted by Gasteiger charge is 2.70. The Morgan fingerprint density at radius 2 is 1.70 bits per heavy atom. The van der Waals surface area contributed by atoms with Crippen molar-refractivity contribution in [2.45, 2.75) is 104 Å². The van der Waals surface area contributed by atoms with E-state index < -0.39 is 11.4 Å². The number of carbonyl (C=O) groups excluding carboxylic acids is 1. The Hall–Kier alpha value is -0.450. The van der Waals surface area contributed by atoms with Gasteiger partial charge in [0.2, 0.25) is 0 Å². The van der Waals surface area contributed by atoms with Gasteiger partial charge in [0.1, 0.15) is 5.78 Å². The lowest BCUT2D eigenvalue weighted by Crippen LogP contribution is -2.60. The van der Waals surface area contributed by atoms with Gasteiger partial charge in [0.15, 0.2) is 5.79 Å². The fourth-order valence-electron chi connectivity index (χ4n) is 7.68. The molecule has 1 heterocycles. The maximum Gasteiger partial charge on any atom is 0.163 e. The van der Waals surface area contributed by atoms with E-state index in [2.05, 4.69) is 27.7 Å². The molecule has 6 atom stereocenters. The van der Waals surface area contributed by atoms with Gasteiger partial charge < -0.3 is 14.6 Å². The first kappa shape index (κ1) is 19.8. The molecule has 3 aliphatic carbocycles. The summed E-state index contributed by atoms with van der Waals surface area (Å²) >= 11 is 0. The summed E-state index contributed by atoms with van der Waals surface area (Å²) in [6, 6.07) is 0. The molecule has 4 nitrogen and oxygen atoms in total. The highest BCUT2D eigenvalue weighted by molar-refractivity contribution is 5.84. The summed E-state index contributed by atoms with van der Waals surface area (Å²) in [5.41, 5.74) is -1.34. The lowest BCUT2D eigenvalue weighted by Gasteiger charge is -2.58. The van der Waals surface area contributed by atoms with Crippen molar-refractivity contribution >= 4 is 5.78 Å². The van der Waals surface area contributed by atoms with E-state index in [0.717, 1.165) is 25.7 Å². The number of ether oxygens (including phenoxy) is 2. The summed E-state index contributed by atoms with van der Waals surface area (Å²) in [7, 11) is 0. The summed E-state index contributed by atoms with van der Waals surface area (Å²) in [6.45, 7) is 13.5. The molecule has 0 spiro atoms. The van der Waals surface area contributed by atoms with Gasteiger partial charge in [-0.3, -0.25) is 4.79 Å². The molecular formula is C23H38O4. The predicted octanol–water partition coefficient (Wildman–Crippen LogP) is 4.48. The maximum absolute atomic E-state index is 13.5. The van der Waals surface area contributed by atoms with Crippen molar-refractivity contribution in [2.24, 2.45) is 28.1 Å². The number of hydrogen-bond donors (Lipinski definition) is 1. The second-order valence-electron chi connectivity index (χ2n) is 11.5. The van der Waals surface area contributed by atoms with Crippen LogP contribution in [-0.2, 0) is 14.3 Å². The van der Waals surface area contributed by atoms with Crippen LogP contribution in [0.15, 0.2) is 0 Å². The summed E-state index contributed by atoms with van der Waals surface area (Å²) < 4.78 is 12.1.